The van der Waals surface area contributed by atoms with Crippen LogP contribution in [0.15, 0.2) is 121 Å². The molecule has 1 heterocycles. The van der Waals surface area contributed by atoms with Crippen LogP contribution in [-0.4, -0.2) is 22.9 Å². The first kappa shape index (κ1) is 20.7. The summed E-state index contributed by atoms with van der Waals surface area (Å²) in [6.45, 7) is 0. The number of benzene rings is 4. The van der Waals surface area contributed by atoms with E-state index in [-0.39, 0.29) is 0 Å². The van der Waals surface area contributed by atoms with Gasteiger partial charge in [0.1, 0.15) is 0 Å². The van der Waals surface area contributed by atoms with E-state index in [0.29, 0.717) is 5.69 Å². The Bertz CT molecular complexity index is 1370. The summed E-state index contributed by atoms with van der Waals surface area (Å²) in [4.78, 5) is 33.7. The molecule has 0 aromatic heterocycles. The fourth-order valence-electron chi connectivity index (χ4n) is 4.73. The van der Waals surface area contributed by atoms with Gasteiger partial charge in [0.05, 0.1) is 0 Å². The van der Waals surface area contributed by atoms with Gasteiger partial charge in [-0.15, -0.1) is 5.06 Å². The lowest BCUT2D eigenvalue weighted by atomic mass is 10.0. The number of hydrogen-bond donors (Lipinski definition) is 1. The van der Waals surface area contributed by atoms with Gasteiger partial charge >= 0.3 is 12.1 Å². The van der Waals surface area contributed by atoms with Crippen LogP contribution in [0.2, 0.25) is 0 Å². The van der Waals surface area contributed by atoms with Gasteiger partial charge < -0.3 is 4.84 Å². The number of para-hydroxylation sites is 2. The topological polar surface area (TPSA) is 61.9 Å². The van der Waals surface area contributed by atoms with Gasteiger partial charge in [-0.2, -0.15) is 0 Å². The van der Waals surface area contributed by atoms with Crippen molar-refractivity contribution in [2.45, 2.75) is 5.66 Å². The van der Waals surface area contributed by atoms with Crippen LogP contribution in [0.5, 0.6) is 0 Å². The second-order valence-electron chi connectivity index (χ2n) is 8.27. The maximum absolute atomic E-state index is 13.5. The zero-order chi connectivity index (χ0) is 23.8. The third-order valence-electron chi connectivity index (χ3n) is 6.20. The quantitative estimate of drug-likeness (QED) is 0.375. The van der Waals surface area contributed by atoms with E-state index in [9.17, 15) is 9.59 Å². The van der Waals surface area contributed by atoms with Crippen molar-refractivity contribution in [1.29, 1.82) is 0 Å². The van der Waals surface area contributed by atoms with Crippen molar-refractivity contribution in [2.24, 2.45) is 0 Å². The minimum absolute atomic E-state index is 0.418. The Labute approximate surface area is 202 Å². The van der Waals surface area contributed by atoms with E-state index in [1.807, 2.05) is 109 Å². The van der Waals surface area contributed by atoms with Gasteiger partial charge in [-0.25, -0.2) is 9.59 Å². The van der Waals surface area contributed by atoms with E-state index < -0.39 is 17.8 Å². The van der Waals surface area contributed by atoms with Gasteiger partial charge in [0, 0.05) is 22.5 Å². The first-order chi connectivity index (χ1) is 17.2. The highest BCUT2D eigenvalue weighted by Gasteiger charge is 2.75. The second kappa shape index (κ2) is 8.18. The third-order valence-corrected chi connectivity index (χ3v) is 6.20. The van der Waals surface area contributed by atoms with Crippen molar-refractivity contribution in [3.8, 4) is 0 Å². The molecule has 0 radical (unpaired) electrons. The van der Waals surface area contributed by atoms with Crippen LogP contribution in [0.3, 0.4) is 0 Å². The first-order valence-corrected chi connectivity index (χ1v) is 11.3. The molecule has 0 atom stereocenters. The molecule has 4 aromatic rings. The van der Waals surface area contributed by atoms with Crippen LogP contribution in [0.1, 0.15) is 11.1 Å². The number of nitrogens with zero attached hydrogens (tertiary/aromatic N) is 2. The molecule has 6 nitrogen and oxygen atoms in total. The summed E-state index contributed by atoms with van der Waals surface area (Å²) in [6.07, 6.45) is -0.733. The summed E-state index contributed by atoms with van der Waals surface area (Å²) in [5, 5.41) is 3.88. The average Bonchev–Trinajstić information content (AvgIpc) is 3.62. The van der Waals surface area contributed by atoms with E-state index in [1.54, 1.807) is 17.0 Å². The molecule has 170 valence electrons. The number of hydrogen-bond acceptors (Lipinski definition) is 3. The Hall–Kier alpha value is -4.84. The molecular formula is C29H21N3O3. The van der Waals surface area contributed by atoms with Crippen LogP contribution >= 0.6 is 0 Å². The zero-order valence-corrected chi connectivity index (χ0v) is 18.7. The highest BCUT2D eigenvalue weighted by molar-refractivity contribution is 6.29. The minimum Gasteiger partial charge on any atom is -0.314 e. The van der Waals surface area contributed by atoms with Crippen molar-refractivity contribution in [3.05, 3.63) is 132 Å². The van der Waals surface area contributed by atoms with Crippen molar-refractivity contribution >= 4 is 34.6 Å². The molecule has 4 aromatic carbocycles. The summed E-state index contributed by atoms with van der Waals surface area (Å²) in [5.41, 5.74) is 4.01. The molecule has 0 bridgehead atoms. The van der Waals surface area contributed by atoms with Gasteiger partial charge in [-0.05, 0) is 35.4 Å². The molecule has 1 N–H and O–H groups in total. The molecule has 3 amide bonds. The third kappa shape index (κ3) is 3.27. The van der Waals surface area contributed by atoms with Crippen molar-refractivity contribution < 1.29 is 14.4 Å². The van der Waals surface area contributed by atoms with Crippen molar-refractivity contribution in [1.82, 2.24) is 5.06 Å². The Morgan fingerprint density at radius 3 is 1.63 bits per heavy atom. The number of carbonyl (C=O) groups excluding carboxylic acids is 2. The van der Waals surface area contributed by atoms with E-state index >= 15 is 0 Å². The summed E-state index contributed by atoms with van der Waals surface area (Å²) >= 11 is 0. The fraction of sp³-hybridized carbons (Fsp3) is 0.0345. The maximum Gasteiger partial charge on any atom is 0.436 e. The molecule has 6 rings (SSSR count). The standard InChI is InChI=1S/C29H21N3O3/c33-27(30-23-17-9-3-10-18-23)35-32-28(34)31(24-19-11-4-12-20-24)29(32)25(21-13-5-1-6-14-21)26(29)22-15-7-2-8-16-22/h1-20H,(H,30,33). The van der Waals surface area contributed by atoms with Crippen molar-refractivity contribution in [2.75, 3.05) is 10.2 Å². The zero-order valence-electron chi connectivity index (χ0n) is 18.7. The molecule has 0 unspecified atom stereocenters. The summed E-state index contributed by atoms with van der Waals surface area (Å²) in [6, 6.07) is 37.7. The molecule has 1 aliphatic carbocycles. The average molecular weight is 460 g/mol. The summed E-state index contributed by atoms with van der Waals surface area (Å²) in [5.74, 6) is 0. The van der Waals surface area contributed by atoms with E-state index in [1.165, 1.54) is 5.06 Å². The Kier molecular flexibility index (Phi) is 4.85. The minimum atomic E-state index is -1.03. The van der Waals surface area contributed by atoms with Gasteiger partial charge in [-0.1, -0.05) is 97.1 Å². The van der Waals surface area contributed by atoms with Crippen LogP contribution in [0.4, 0.5) is 21.0 Å². The molecule has 35 heavy (non-hydrogen) atoms. The molecule has 1 fully saturated rings. The Morgan fingerprint density at radius 1 is 0.657 bits per heavy atom. The lowest BCUT2D eigenvalue weighted by Crippen LogP contribution is -2.73. The smallest absolute Gasteiger partial charge is 0.314 e. The molecule has 2 aliphatic rings. The van der Waals surface area contributed by atoms with E-state index in [4.69, 9.17) is 4.84 Å². The fourth-order valence-corrected chi connectivity index (χ4v) is 4.73. The molecule has 0 saturated carbocycles. The molecule has 6 heteroatoms. The largest absolute Gasteiger partial charge is 0.436 e. The molecular weight excluding hydrogens is 438 g/mol. The predicted molar refractivity (Wildman–Crippen MR) is 135 cm³/mol. The molecule has 1 saturated heterocycles. The van der Waals surface area contributed by atoms with Gasteiger partial charge in [0.25, 0.3) is 0 Å². The van der Waals surface area contributed by atoms with Crippen LogP contribution in [0.25, 0.3) is 11.1 Å². The van der Waals surface area contributed by atoms with Gasteiger partial charge in [-0.3, -0.25) is 10.2 Å². The SMILES string of the molecule is O=C(Nc1ccccc1)ON1C(=O)N(c2ccccc2)C12C(c1ccccc1)=C2c1ccccc1. The lowest BCUT2D eigenvalue weighted by Gasteiger charge is -2.50. The highest BCUT2D eigenvalue weighted by atomic mass is 16.7. The van der Waals surface area contributed by atoms with Crippen LogP contribution in [-0.2, 0) is 4.84 Å². The number of urea groups is 1. The molecule has 1 spiro atoms. The number of rotatable bonds is 5. The monoisotopic (exact) mass is 459 g/mol. The van der Waals surface area contributed by atoms with Gasteiger partial charge in [0.15, 0.2) is 0 Å². The lowest BCUT2D eigenvalue weighted by molar-refractivity contribution is -0.108. The number of anilines is 2. The van der Waals surface area contributed by atoms with Crippen LogP contribution in [0, 0.1) is 0 Å². The predicted octanol–water partition coefficient (Wildman–Crippen LogP) is 6.41. The maximum atomic E-state index is 13.5. The summed E-state index contributed by atoms with van der Waals surface area (Å²) in [7, 11) is 0. The second-order valence-corrected chi connectivity index (χ2v) is 8.27. The summed E-state index contributed by atoms with van der Waals surface area (Å²) < 4.78 is 0. The normalized spacial score (nSPS) is 15.6. The highest BCUT2D eigenvalue weighted by Crippen LogP contribution is 2.67. The van der Waals surface area contributed by atoms with Crippen LogP contribution < -0.4 is 10.2 Å². The van der Waals surface area contributed by atoms with Gasteiger partial charge in [0.2, 0.25) is 5.66 Å². The van der Waals surface area contributed by atoms with E-state index in [0.717, 1.165) is 28.0 Å². The number of carbonyl (C=O) groups is 2. The number of amides is 3. The first-order valence-electron chi connectivity index (χ1n) is 11.3. The Morgan fingerprint density at radius 2 is 1.11 bits per heavy atom. The Balaban J connectivity index is 1.43. The number of nitrogens with one attached hydrogen (secondary N) is 1. The van der Waals surface area contributed by atoms with E-state index in [2.05, 4.69) is 5.32 Å². The molecule has 1 aliphatic heterocycles. The number of hydroxylamine groups is 2. The van der Waals surface area contributed by atoms with Crippen molar-refractivity contribution in [3.63, 3.8) is 0 Å².